The van der Waals surface area contributed by atoms with Crippen LogP contribution in [-0.2, 0) is 12.8 Å². The molecule has 0 aliphatic rings. The van der Waals surface area contributed by atoms with E-state index in [-0.39, 0.29) is 33.8 Å². The zero-order valence-electron chi connectivity index (χ0n) is 18.3. The molecule has 0 spiro atoms. The molecule has 4 rings (SSSR count). The zero-order chi connectivity index (χ0) is 25.3. The first-order valence-electron chi connectivity index (χ1n) is 10.1. The van der Waals surface area contributed by atoms with Crippen LogP contribution < -0.4 is 19.6 Å². The Morgan fingerprint density at radius 1 is 0.886 bits per heavy atom. The SMILES string of the molecule is COc1ccc(-c2c(C(F)(F)F)oc3cc(OCc4c(F)cccc4F)ccc3c2=O)cc1OC. The van der Waals surface area contributed by atoms with Crippen LogP contribution in [0.15, 0.2) is 63.8 Å². The Hall–Kier alpha value is -4.08. The van der Waals surface area contributed by atoms with Crippen molar-refractivity contribution in [3.05, 3.63) is 87.8 Å². The third kappa shape index (κ3) is 4.64. The standard InChI is InChI=1S/C25H17F5O5/c1-32-19-9-6-13(10-21(19)33-2)22-23(31)15-8-7-14(11-20(15)35-24(22)25(28,29)30)34-12-16-17(26)4-3-5-18(16)27/h3-11H,12H2,1-2H3. The summed E-state index contributed by atoms with van der Waals surface area (Å²) in [5.41, 5.74) is -2.47. The first-order chi connectivity index (χ1) is 16.6. The van der Waals surface area contributed by atoms with Gasteiger partial charge in [-0.15, -0.1) is 0 Å². The third-order valence-electron chi connectivity index (χ3n) is 5.24. The molecule has 0 aliphatic carbocycles. The molecule has 0 saturated carbocycles. The molecule has 182 valence electrons. The van der Waals surface area contributed by atoms with E-state index in [9.17, 15) is 26.7 Å². The Morgan fingerprint density at radius 2 is 1.57 bits per heavy atom. The molecule has 10 heteroatoms. The van der Waals surface area contributed by atoms with E-state index in [0.717, 1.165) is 18.2 Å². The van der Waals surface area contributed by atoms with Gasteiger partial charge in [0.05, 0.1) is 30.7 Å². The summed E-state index contributed by atoms with van der Waals surface area (Å²) in [5.74, 6) is -2.84. The lowest BCUT2D eigenvalue weighted by molar-refractivity contribution is -0.152. The summed E-state index contributed by atoms with van der Waals surface area (Å²) in [4.78, 5) is 13.2. The summed E-state index contributed by atoms with van der Waals surface area (Å²) in [6, 6.07) is 10.8. The molecule has 5 nitrogen and oxygen atoms in total. The maximum atomic E-state index is 13.9. The monoisotopic (exact) mass is 492 g/mol. The van der Waals surface area contributed by atoms with Crippen LogP contribution in [0.2, 0.25) is 0 Å². The molecule has 0 bridgehead atoms. The number of rotatable bonds is 6. The smallest absolute Gasteiger partial charge is 0.450 e. The largest absolute Gasteiger partial charge is 0.493 e. The summed E-state index contributed by atoms with van der Waals surface area (Å²) in [7, 11) is 2.67. The highest BCUT2D eigenvalue weighted by Crippen LogP contribution is 2.40. The maximum absolute atomic E-state index is 13.9. The van der Waals surface area contributed by atoms with Crippen LogP contribution in [0.5, 0.6) is 17.2 Å². The van der Waals surface area contributed by atoms with E-state index in [2.05, 4.69) is 0 Å². The molecule has 35 heavy (non-hydrogen) atoms. The van der Waals surface area contributed by atoms with Gasteiger partial charge in [-0.1, -0.05) is 12.1 Å². The normalized spacial score (nSPS) is 11.5. The number of hydrogen-bond acceptors (Lipinski definition) is 5. The Morgan fingerprint density at radius 3 is 2.20 bits per heavy atom. The minimum absolute atomic E-state index is 0.0460. The summed E-state index contributed by atoms with van der Waals surface area (Å²) in [6.45, 7) is -0.524. The van der Waals surface area contributed by atoms with Crippen molar-refractivity contribution in [2.45, 2.75) is 12.8 Å². The second kappa shape index (κ2) is 9.28. The van der Waals surface area contributed by atoms with E-state index >= 15 is 0 Å². The van der Waals surface area contributed by atoms with Crippen molar-refractivity contribution in [2.75, 3.05) is 14.2 Å². The Bertz CT molecular complexity index is 1440. The number of halogens is 5. The summed E-state index contributed by atoms with van der Waals surface area (Å²) in [5, 5.41) is -0.146. The molecule has 0 radical (unpaired) electrons. The van der Waals surface area contributed by atoms with Gasteiger partial charge in [-0.25, -0.2) is 8.78 Å². The van der Waals surface area contributed by atoms with Gasteiger partial charge in [-0.3, -0.25) is 4.79 Å². The van der Waals surface area contributed by atoms with E-state index in [1.165, 1.54) is 50.6 Å². The molecule has 0 fully saturated rings. The summed E-state index contributed by atoms with van der Waals surface area (Å²) >= 11 is 0. The molecular weight excluding hydrogens is 475 g/mol. The van der Waals surface area contributed by atoms with Crippen LogP contribution in [0.25, 0.3) is 22.1 Å². The maximum Gasteiger partial charge on any atom is 0.450 e. The van der Waals surface area contributed by atoms with E-state index in [0.29, 0.717) is 0 Å². The predicted molar refractivity (Wildman–Crippen MR) is 117 cm³/mol. The second-order valence-corrected chi connectivity index (χ2v) is 7.35. The molecule has 0 saturated heterocycles. The average molecular weight is 492 g/mol. The average Bonchev–Trinajstić information content (AvgIpc) is 2.82. The van der Waals surface area contributed by atoms with Crippen molar-refractivity contribution >= 4 is 11.0 Å². The van der Waals surface area contributed by atoms with E-state index in [1.807, 2.05) is 0 Å². The van der Waals surface area contributed by atoms with Crippen molar-refractivity contribution in [3.63, 3.8) is 0 Å². The number of ether oxygens (including phenoxy) is 3. The minimum Gasteiger partial charge on any atom is -0.493 e. The predicted octanol–water partition coefficient (Wildman–Crippen LogP) is 6.35. The Labute approximate surface area is 195 Å². The molecule has 0 N–H and O–H groups in total. The molecule has 0 amide bonds. The highest BCUT2D eigenvalue weighted by atomic mass is 19.4. The fraction of sp³-hybridized carbons (Fsp3) is 0.160. The van der Waals surface area contributed by atoms with Gasteiger partial charge in [0, 0.05) is 6.07 Å². The topological polar surface area (TPSA) is 57.9 Å². The van der Waals surface area contributed by atoms with Crippen LogP contribution in [0.3, 0.4) is 0 Å². The van der Waals surface area contributed by atoms with Gasteiger partial charge in [0.15, 0.2) is 11.5 Å². The van der Waals surface area contributed by atoms with Gasteiger partial charge in [-0.05, 0) is 42.0 Å². The van der Waals surface area contributed by atoms with Gasteiger partial charge < -0.3 is 18.6 Å². The van der Waals surface area contributed by atoms with Crippen LogP contribution in [-0.4, -0.2) is 14.2 Å². The lowest BCUT2D eigenvalue weighted by Crippen LogP contribution is -2.16. The van der Waals surface area contributed by atoms with Crippen LogP contribution in [0, 0.1) is 11.6 Å². The van der Waals surface area contributed by atoms with Gasteiger partial charge >= 0.3 is 6.18 Å². The molecule has 3 aromatic carbocycles. The third-order valence-corrected chi connectivity index (χ3v) is 5.24. The van der Waals surface area contributed by atoms with Gasteiger partial charge in [-0.2, -0.15) is 13.2 Å². The van der Waals surface area contributed by atoms with Crippen molar-refractivity contribution in [3.8, 4) is 28.4 Å². The fourth-order valence-electron chi connectivity index (χ4n) is 3.54. The van der Waals surface area contributed by atoms with Crippen LogP contribution >= 0.6 is 0 Å². The number of methoxy groups -OCH3 is 2. The molecule has 1 aromatic heterocycles. The van der Waals surface area contributed by atoms with Gasteiger partial charge in [0.25, 0.3) is 0 Å². The van der Waals surface area contributed by atoms with E-state index < -0.39 is 46.8 Å². The number of fused-ring (bicyclic) bond motifs is 1. The lowest BCUT2D eigenvalue weighted by atomic mass is 10.0. The molecule has 1 heterocycles. The number of hydrogen-bond donors (Lipinski definition) is 0. The fourth-order valence-corrected chi connectivity index (χ4v) is 3.54. The first kappa shape index (κ1) is 24.1. The Balaban J connectivity index is 1.82. The summed E-state index contributed by atoms with van der Waals surface area (Å²) in [6.07, 6.45) is -5.01. The van der Waals surface area contributed by atoms with Crippen LogP contribution in [0.4, 0.5) is 22.0 Å². The molecule has 0 atom stereocenters. The number of benzene rings is 3. The van der Waals surface area contributed by atoms with E-state index in [1.54, 1.807) is 0 Å². The minimum atomic E-state index is -5.01. The summed E-state index contributed by atoms with van der Waals surface area (Å²) < 4.78 is 90.2. The van der Waals surface area contributed by atoms with E-state index in [4.69, 9.17) is 18.6 Å². The molecule has 0 unspecified atom stereocenters. The first-order valence-corrected chi connectivity index (χ1v) is 10.1. The van der Waals surface area contributed by atoms with Crippen molar-refractivity contribution < 1.29 is 40.6 Å². The lowest BCUT2D eigenvalue weighted by Gasteiger charge is -2.15. The van der Waals surface area contributed by atoms with Crippen molar-refractivity contribution in [1.29, 1.82) is 0 Å². The highest BCUT2D eigenvalue weighted by Gasteiger charge is 2.39. The molecule has 4 aromatic rings. The Kier molecular flexibility index (Phi) is 6.38. The van der Waals surface area contributed by atoms with Crippen molar-refractivity contribution in [2.24, 2.45) is 0 Å². The van der Waals surface area contributed by atoms with Gasteiger partial charge in [0.2, 0.25) is 11.2 Å². The van der Waals surface area contributed by atoms with Gasteiger partial charge in [0.1, 0.15) is 29.6 Å². The highest BCUT2D eigenvalue weighted by molar-refractivity contribution is 5.84. The zero-order valence-corrected chi connectivity index (χ0v) is 18.3. The quantitative estimate of drug-likeness (QED) is 0.294. The number of alkyl halides is 3. The second-order valence-electron chi connectivity index (χ2n) is 7.35. The van der Waals surface area contributed by atoms with Crippen LogP contribution in [0.1, 0.15) is 11.3 Å². The van der Waals surface area contributed by atoms with Crippen molar-refractivity contribution in [1.82, 2.24) is 0 Å². The molecule has 0 aliphatic heterocycles. The molecular formula is C25H17F5O5.